The van der Waals surface area contributed by atoms with Gasteiger partial charge in [0, 0.05) is 4.47 Å². The van der Waals surface area contributed by atoms with Crippen molar-refractivity contribution in [2.45, 2.75) is 13.5 Å². The molecular weight excluding hydrogens is 303 g/mol. The molecular formula is C11H12BrFN4O. The lowest BCUT2D eigenvalue weighted by molar-refractivity contribution is 0.484. The van der Waals surface area contributed by atoms with Gasteiger partial charge in [-0.25, -0.2) is 4.39 Å². The molecule has 0 aliphatic carbocycles. The Balaban J connectivity index is 2.08. The molecule has 0 bridgehead atoms. The van der Waals surface area contributed by atoms with Crippen molar-refractivity contribution in [2.24, 2.45) is 0 Å². The van der Waals surface area contributed by atoms with Crippen LogP contribution >= 0.6 is 15.9 Å². The van der Waals surface area contributed by atoms with Crippen LogP contribution in [0.1, 0.15) is 12.8 Å². The molecule has 96 valence electrons. The molecule has 1 aromatic carbocycles. The van der Waals surface area contributed by atoms with E-state index in [4.69, 9.17) is 4.42 Å². The fourth-order valence-corrected chi connectivity index (χ4v) is 1.68. The molecule has 0 saturated heterocycles. The Morgan fingerprint density at radius 3 is 3.00 bits per heavy atom. The average Bonchev–Trinajstić information content (AvgIpc) is 2.79. The first-order chi connectivity index (χ1) is 8.69. The lowest BCUT2D eigenvalue weighted by Crippen LogP contribution is -2.11. The molecule has 0 fully saturated rings. The van der Waals surface area contributed by atoms with Crippen LogP contribution in [-0.4, -0.2) is 16.7 Å². The van der Waals surface area contributed by atoms with E-state index in [1.165, 1.54) is 6.07 Å². The smallest absolute Gasteiger partial charge is 0.320 e. The van der Waals surface area contributed by atoms with E-state index >= 15 is 0 Å². The minimum absolute atomic E-state index is 0.167. The molecule has 0 aliphatic heterocycles. The van der Waals surface area contributed by atoms with Crippen LogP contribution in [0.3, 0.4) is 0 Å². The standard InChI is InChI=1S/C11H12BrFN4O/c1-2-14-6-10-16-17-11(18-10)15-9-5-7(12)3-4-8(9)13/h3-5,14H,2,6H2,1H3,(H,15,17). The fraction of sp³-hybridized carbons (Fsp3) is 0.273. The van der Waals surface area contributed by atoms with E-state index in [0.717, 1.165) is 11.0 Å². The van der Waals surface area contributed by atoms with Gasteiger partial charge in [-0.05, 0) is 24.7 Å². The third-order valence-corrected chi connectivity index (χ3v) is 2.66. The zero-order valence-electron chi connectivity index (χ0n) is 9.70. The Labute approximate surface area is 112 Å². The van der Waals surface area contributed by atoms with Crippen molar-refractivity contribution in [3.8, 4) is 0 Å². The van der Waals surface area contributed by atoms with E-state index in [2.05, 4.69) is 36.8 Å². The summed E-state index contributed by atoms with van der Waals surface area (Å²) in [4.78, 5) is 0. The van der Waals surface area contributed by atoms with Crippen molar-refractivity contribution in [1.82, 2.24) is 15.5 Å². The SMILES string of the molecule is CCNCc1nnc(Nc2cc(Br)ccc2F)o1. The van der Waals surface area contributed by atoms with Gasteiger partial charge in [-0.3, -0.25) is 0 Å². The van der Waals surface area contributed by atoms with Gasteiger partial charge < -0.3 is 15.1 Å². The highest BCUT2D eigenvalue weighted by molar-refractivity contribution is 9.10. The number of nitrogens with zero attached hydrogens (tertiary/aromatic N) is 2. The Bertz CT molecular complexity index is 532. The first kappa shape index (κ1) is 13.0. The van der Waals surface area contributed by atoms with Crippen molar-refractivity contribution in [3.05, 3.63) is 34.4 Å². The van der Waals surface area contributed by atoms with Crippen molar-refractivity contribution < 1.29 is 8.81 Å². The van der Waals surface area contributed by atoms with Gasteiger partial charge in [0.25, 0.3) is 0 Å². The van der Waals surface area contributed by atoms with Gasteiger partial charge in [0.1, 0.15) is 5.82 Å². The number of aromatic nitrogens is 2. The van der Waals surface area contributed by atoms with Gasteiger partial charge >= 0.3 is 6.01 Å². The molecule has 0 unspecified atom stereocenters. The van der Waals surface area contributed by atoms with Crippen molar-refractivity contribution in [1.29, 1.82) is 0 Å². The molecule has 0 amide bonds. The molecule has 2 rings (SSSR count). The minimum atomic E-state index is -0.385. The molecule has 0 aliphatic rings. The normalized spacial score (nSPS) is 10.6. The molecule has 5 nitrogen and oxygen atoms in total. The molecule has 0 atom stereocenters. The summed E-state index contributed by atoms with van der Waals surface area (Å²) in [5, 5.41) is 13.4. The summed E-state index contributed by atoms with van der Waals surface area (Å²) in [5.41, 5.74) is 0.281. The molecule has 18 heavy (non-hydrogen) atoms. The maximum Gasteiger partial charge on any atom is 0.320 e. The van der Waals surface area contributed by atoms with Crippen LogP contribution in [0, 0.1) is 5.82 Å². The third-order valence-electron chi connectivity index (χ3n) is 2.16. The van der Waals surface area contributed by atoms with E-state index < -0.39 is 0 Å². The van der Waals surface area contributed by atoms with E-state index in [-0.39, 0.29) is 17.5 Å². The second-order valence-electron chi connectivity index (χ2n) is 3.53. The Morgan fingerprint density at radius 2 is 2.22 bits per heavy atom. The van der Waals surface area contributed by atoms with Gasteiger partial charge in [-0.15, -0.1) is 5.10 Å². The zero-order valence-corrected chi connectivity index (χ0v) is 11.3. The van der Waals surface area contributed by atoms with Crippen LogP contribution in [0.25, 0.3) is 0 Å². The van der Waals surface area contributed by atoms with Crippen LogP contribution < -0.4 is 10.6 Å². The van der Waals surface area contributed by atoms with Crippen LogP contribution in [0.4, 0.5) is 16.1 Å². The molecule has 0 radical (unpaired) electrons. The second kappa shape index (κ2) is 5.92. The van der Waals surface area contributed by atoms with Crippen LogP contribution in [0.15, 0.2) is 27.1 Å². The molecule has 1 heterocycles. The number of rotatable bonds is 5. The summed E-state index contributed by atoms with van der Waals surface area (Å²) < 4.78 is 19.5. The second-order valence-corrected chi connectivity index (χ2v) is 4.45. The Morgan fingerprint density at radius 1 is 1.39 bits per heavy atom. The summed E-state index contributed by atoms with van der Waals surface area (Å²) >= 11 is 3.27. The van der Waals surface area contributed by atoms with Gasteiger partial charge in [-0.1, -0.05) is 28.0 Å². The molecule has 0 spiro atoms. The monoisotopic (exact) mass is 314 g/mol. The number of anilines is 2. The van der Waals surface area contributed by atoms with Crippen molar-refractivity contribution in [3.63, 3.8) is 0 Å². The summed E-state index contributed by atoms with van der Waals surface area (Å²) in [6.07, 6.45) is 0. The molecule has 2 aromatic rings. The molecule has 2 N–H and O–H groups in total. The van der Waals surface area contributed by atoms with E-state index in [0.29, 0.717) is 12.4 Å². The Hall–Kier alpha value is -1.47. The predicted molar refractivity (Wildman–Crippen MR) is 69.1 cm³/mol. The van der Waals surface area contributed by atoms with Gasteiger partial charge in [0.05, 0.1) is 12.2 Å². The number of nitrogens with one attached hydrogen (secondary N) is 2. The van der Waals surface area contributed by atoms with Gasteiger partial charge in [0.15, 0.2) is 0 Å². The first-order valence-electron chi connectivity index (χ1n) is 5.44. The summed E-state index contributed by atoms with van der Waals surface area (Å²) in [5.74, 6) is 0.0689. The van der Waals surface area contributed by atoms with Crippen LogP contribution in [0.5, 0.6) is 0 Å². The lowest BCUT2D eigenvalue weighted by Gasteiger charge is -2.03. The van der Waals surface area contributed by atoms with Gasteiger partial charge in [-0.2, -0.15) is 0 Å². The highest BCUT2D eigenvalue weighted by Crippen LogP contribution is 2.23. The average molecular weight is 315 g/mol. The topological polar surface area (TPSA) is 63.0 Å². The van der Waals surface area contributed by atoms with E-state index in [1.54, 1.807) is 12.1 Å². The van der Waals surface area contributed by atoms with Gasteiger partial charge in [0.2, 0.25) is 5.89 Å². The number of hydrogen-bond donors (Lipinski definition) is 2. The largest absolute Gasteiger partial charge is 0.406 e. The van der Waals surface area contributed by atoms with Crippen molar-refractivity contribution >= 4 is 27.6 Å². The summed E-state index contributed by atoms with van der Waals surface area (Å²) in [7, 11) is 0. The summed E-state index contributed by atoms with van der Waals surface area (Å²) in [6, 6.07) is 4.73. The van der Waals surface area contributed by atoms with Crippen LogP contribution in [-0.2, 0) is 6.54 Å². The lowest BCUT2D eigenvalue weighted by atomic mass is 10.3. The molecule has 1 aromatic heterocycles. The number of halogens is 2. The maximum absolute atomic E-state index is 13.5. The predicted octanol–water partition coefficient (Wildman–Crippen LogP) is 2.82. The van der Waals surface area contributed by atoms with E-state index in [9.17, 15) is 4.39 Å². The van der Waals surface area contributed by atoms with Crippen LogP contribution in [0.2, 0.25) is 0 Å². The first-order valence-corrected chi connectivity index (χ1v) is 6.23. The minimum Gasteiger partial charge on any atom is -0.406 e. The maximum atomic E-state index is 13.5. The van der Waals surface area contributed by atoms with E-state index in [1.807, 2.05) is 6.92 Å². The fourth-order valence-electron chi connectivity index (χ4n) is 1.32. The highest BCUT2D eigenvalue weighted by atomic mass is 79.9. The number of benzene rings is 1. The quantitative estimate of drug-likeness (QED) is 0.888. The third kappa shape index (κ3) is 3.27. The molecule has 7 heteroatoms. The van der Waals surface area contributed by atoms with Crippen molar-refractivity contribution in [2.75, 3.05) is 11.9 Å². The summed E-state index contributed by atoms with van der Waals surface area (Å²) in [6.45, 7) is 3.28. The number of hydrogen-bond acceptors (Lipinski definition) is 5. The Kier molecular flexibility index (Phi) is 4.27. The zero-order chi connectivity index (χ0) is 13.0. The molecule has 0 saturated carbocycles. The highest BCUT2D eigenvalue weighted by Gasteiger charge is 2.08.